The summed E-state index contributed by atoms with van der Waals surface area (Å²) in [4.78, 5) is 14.9. The minimum Gasteiger partial charge on any atom is -0.495 e. The van der Waals surface area contributed by atoms with Gasteiger partial charge in [-0.2, -0.15) is 18.4 Å². The lowest BCUT2D eigenvalue weighted by Gasteiger charge is -2.41. The van der Waals surface area contributed by atoms with Crippen LogP contribution >= 0.6 is 0 Å². The average molecular weight is 462 g/mol. The molecule has 174 valence electrons. The van der Waals surface area contributed by atoms with Gasteiger partial charge in [0.15, 0.2) is 0 Å². The fraction of sp³-hybridized carbons (Fsp3) is 0.417. The quantitative estimate of drug-likeness (QED) is 0.613. The molecule has 0 N–H and O–H groups in total. The van der Waals surface area contributed by atoms with Crippen LogP contribution in [0, 0.1) is 11.3 Å². The first-order valence-electron chi connectivity index (χ1n) is 10.5. The molecule has 0 spiro atoms. The molecule has 0 saturated carbocycles. The van der Waals surface area contributed by atoms with E-state index >= 15 is 4.39 Å². The zero-order valence-electron chi connectivity index (χ0n) is 17.9. The fourth-order valence-corrected chi connectivity index (χ4v) is 4.41. The topological polar surface area (TPSA) is 62.6 Å². The second-order valence-corrected chi connectivity index (χ2v) is 8.29. The molecule has 2 fully saturated rings. The van der Waals surface area contributed by atoms with E-state index in [0.717, 1.165) is 12.1 Å². The van der Waals surface area contributed by atoms with Crippen molar-refractivity contribution < 1.29 is 31.8 Å². The van der Waals surface area contributed by atoms with E-state index in [-0.39, 0.29) is 67.5 Å². The van der Waals surface area contributed by atoms with Gasteiger partial charge in [-0.25, -0.2) is 4.39 Å². The van der Waals surface area contributed by atoms with Crippen LogP contribution in [0.25, 0.3) is 0 Å². The van der Waals surface area contributed by atoms with E-state index in [1.54, 1.807) is 6.07 Å². The average Bonchev–Trinajstić information content (AvgIpc) is 2.77. The number of rotatable bonds is 4. The Hall–Kier alpha value is -3.12. The van der Waals surface area contributed by atoms with Gasteiger partial charge in [0.25, 0.3) is 5.91 Å². The number of amides is 1. The van der Waals surface area contributed by atoms with Gasteiger partial charge in [0.2, 0.25) is 0 Å². The zero-order valence-corrected chi connectivity index (χ0v) is 17.9. The zero-order chi connectivity index (χ0) is 23.8. The number of carbonyl (C=O) groups excluding carboxylic acids is 1. The maximum Gasteiger partial charge on any atom is 0.416 e. The first-order valence-corrected chi connectivity index (χ1v) is 10.5. The highest BCUT2D eigenvalue weighted by Gasteiger charge is 2.42. The summed E-state index contributed by atoms with van der Waals surface area (Å²) in [5.41, 5.74) is -1.82. The minimum absolute atomic E-state index is 0.00559. The van der Waals surface area contributed by atoms with Crippen molar-refractivity contribution in [3.8, 4) is 11.8 Å². The van der Waals surface area contributed by atoms with Gasteiger partial charge >= 0.3 is 6.18 Å². The molecule has 2 saturated heterocycles. The number of hydrogen-bond acceptors (Lipinski definition) is 4. The largest absolute Gasteiger partial charge is 0.495 e. The molecule has 2 aliphatic heterocycles. The highest BCUT2D eigenvalue weighted by Crippen LogP contribution is 2.43. The summed E-state index contributed by atoms with van der Waals surface area (Å²) in [5.74, 6) is -0.774. The monoisotopic (exact) mass is 462 g/mol. The predicted octanol–water partition coefficient (Wildman–Crippen LogP) is 4.80. The smallest absolute Gasteiger partial charge is 0.416 e. The number of alkyl halides is 4. The van der Waals surface area contributed by atoms with Crippen LogP contribution in [0.5, 0.6) is 5.75 Å². The Balaban J connectivity index is 1.63. The van der Waals surface area contributed by atoms with Crippen LogP contribution in [0.4, 0.5) is 17.6 Å². The van der Waals surface area contributed by atoms with Crippen molar-refractivity contribution in [2.45, 2.75) is 30.6 Å². The van der Waals surface area contributed by atoms with Gasteiger partial charge in [0.05, 0.1) is 23.8 Å². The molecule has 1 amide bonds. The third kappa shape index (κ3) is 4.27. The van der Waals surface area contributed by atoms with E-state index in [1.165, 1.54) is 30.2 Å². The SMILES string of the molecule is COc1c(C#N)ccc(C2(F)CCOCC2)c1C(=O)N1CC(c2cccc(C(F)(F)F)c2)C1. The van der Waals surface area contributed by atoms with Crippen LogP contribution < -0.4 is 4.74 Å². The second-order valence-electron chi connectivity index (χ2n) is 8.29. The molecule has 0 bridgehead atoms. The Labute approximate surface area is 188 Å². The lowest BCUT2D eigenvalue weighted by molar-refractivity contribution is -0.137. The van der Waals surface area contributed by atoms with Crippen molar-refractivity contribution >= 4 is 5.91 Å². The van der Waals surface area contributed by atoms with E-state index in [2.05, 4.69) is 0 Å². The number of benzene rings is 2. The van der Waals surface area contributed by atoms with Crippen LogP contribution in [0.3, 0.4) is 0 Å². The molecule has 4 rings (SSSR count). The number of carbonyl (C=O) groups is 1. The predicted molar refractivity (Wildman–Crippen MR) is 111 cm³/mol. The summed E-state index contributed by atoms with van der Waals surface area (Å²) < 4.78 is 65.6. The third-order valence-corrected chi connectivity index (χ3v) is 6.32. The summed E-state index contributed by atoms with van der Waals surface area (Å²) in [7, 11) is 1.31. The van der Waals surface area contributed by atoms with Gasteiger partial charge in [-0.15, -0.1) is 0 Å². The van der Waals surface area contributed by atoms with Crippen LogP contribution in [0.2, 0.25) is 0 Å². The molecule has 0 aromatic heterocycles. The van der Waals surface area contributed by atoms with Crippen LogP contribution in [0.1, 0.15) is 51.4 Å². The number of halogens is 4. The molecule has 0 unspecified atom stereocenters. The molecule has 2 aromatic carbocycles. The van der Waals surface area contributed by atoms with E-state index < -0.39 is 23.3 Å². The summed E-state index contributed by atoms with van der Waals surface area (Å²) in [6, 6.07) is 9.89. The first-order chi connectivity index (χ1) is 15.7. The molecule has 0 aliphatic carbocycles. The number of nitrogens with zero attached hydrogens (tertiary/aromatic N) is 2. The van der Waals surface area contributed by atoms with Crippen molar-refractivity contribution in [1.82, 2.24) is 4.90 Å². The Morgan fingerprint density at radius 3 is 2.52 bits per heavy atom. The van der Waals surface area contributed by atoms with E-state index in [4.69, 9.17) is 9.47 Å². The molecule has 2 heterocycles. The fourth-order valence-electron chi connectivity index (χ4n) is 4.41. The van der Waals surface area contributed by atoms with Crippen molar-refractivity contribution in [1.29, 1.82) is 5.26 Å². The Bertz CT molecular complexity index is 1100. The molecule has 2 aliphatic rings. The van der Waals surface area contributed by atoms with Crippen molar-refractivity contribution in [2.75, 3.05) is 33.4 Å². The Morgan fingerprint density at radius 2 is 1.91 bits per heavy atom. The van der Waals surface area contributed by atoms with Gasteiger partial charge in [-0.3, -0.25) is 4.79 Å². The third-order valence-electron chi connectivity index (χ3n) is 6.32. The van der Waals surface area contributed by atoms with Crippen LogP contribution in [-0.2, 0) is 16.6 Å². The lowest BCUT2D eigenvalue weighted by atomic mass is 9.82. The van der Waals surface area contributed by atoms with Crippen molar-refractivity contribution in [3.05, 3.63) is 64.2 Å². The summed E-state index contributed by atoms with van der Waals surface area (Å²) >= 11 is 0. The second kappa shape index (κ2) is 8.67. The Kier molecular flexibility index (Phi) is 6.06. The summed E-state index contributed by atoms with van der Waals surface area (Å²) in [5, 5.41) is 9.45. The highest BCUT2D eigenvalue weighted by molar-refractivity contribution is 6.00. The van der Waals surface area contributed by atoms with Gasteiger partial charge in [0.1, 0.15) is 17.5 Å². The van der Waals surface area contributed by atoms with Crippen molar-refractivity contribution in [3.63, 3.8) is 0 Å². The van der Waals surface area contributed by atoms with E-state index in [0.29, 0.717) is 5.56 Å². The molecular weight excluding hydrogens is 440 g/mol. The number of likely N-dealkylation sites (tertiary alicyclic amines) is 1. The molecular formula is C24H22F4N2O3. The normalized spacial score (nSPS) is 18.4. The molecule has 0 atom stereocenters. The molecule has 33 heavy (non-hydrogen) atoms. The Morgan fingerprint density at radius 1 is 1.21 bits per heavy atom. The molecule has 5 nitrogen and oxygen atoms in total. The summed E-state index contributed by atoms with van der Waals surface area (Å²) in [6.45, 7) is 0.769. The molecule has 9 heteroatoms. The van der Waals surface area contributed by atoms with Gasteiger partial charge < -0.3 is 14.4 Å². The minimum atomic E-state index is -4.45. The summed E-state index contributed by atoms with van der Waals surface area (Å²) in [6.07, 6.45) is -4.32. The maximum atomic E-state index is 15.9. The first kappa shape index (κ1) is 23.1. The number of nitriles is 1. The van der Waals surface area contributed by atoms with Crippen LogP contribution in [-0.4, -0.2) is 44.2 Å². The van der Waals surface area contributed by atoms with Gasteiger partial charge in [-0.05, 0) is 17.7 Å². The lowest BCUT2D eigenvalue weighted by Crippen LogP contribution is -2.49. The number of methoxy groups -OCH3 is 1. The molecule has 0 radical (unpaired) electrons. The standard InChI is InChI=1S/C24H22F4N2O3/c1-32-21-16(12-29)5-6-19(23(25)7-9-33-10-8-23)20(21)22(31)30-13-17(14-30)15-3-2-4-18(11-15)24(26,27)28/h2-6,11,17H,7-10,13-14H2,1H3. The maximum absolute atomic E-state index is 15.9. The van der Waals surface area contributed by atoms with Gasteiger partial charge in [0, 0.05) is 50.6 Å². The van der Waals surface area contributed by atoms with Crippen LogP contribution in [0.15, 0.2) is 36.4 Å². The van der Waals surface area contributed by atoms with E-state index in [1.807, 2.05) is 6.07 Å². The number of ether oxygens (including phenoxy) is 2. The molecule has 2 aromatic rings. The van der Waals surface area contributed by atoms with Gasteiger partial charge in [-0.1, -0.05) is 24.3 Å². The van der Waals surface area contributed by atoms with Crippen molar-refractivity contribution in [2.24, 2.45) is 0 Å². The number of hydrogen-bond donors (Lipinski definition) is 0. The highest BCUT2D eigenvalue weighted by atomic mass is 19.4. The van der Waals surface area contributed by atoms with E-state index in [9.17, 15) is 23.2 Å².